The van der Waals surface area contributed by atoms with E-state index in [1.165, 1.54) is 12.1 Å². The van der Waals surface area contributed by atoms with E-state index >= 15 is 0 Å². The molecule has 2 heterocycles. The van der Waals surface area contributed by atoms with Crippen molar-refractivity contribution in [3.63, 3.8) is 0 Å². The minimum Gasteiger partial charge on any atom is -0.492 e. The van der Waals surface area contributed by atoms with Crippen LogP contribution in [0.2, 0.25) is 5.02 Å². The Bertz CT molecular complexity index is 1050. The lowest BCUT2D eigenvalue weighted by Crippen LogP contribution is -2.12. The normalized spacial score (nSPS) is 15.5. The van der Waals surface area contributed by atoms with Crippen LogP contribution in [0.15, 0.2) is 30.3 Å². The van der Waals surface area contributed by atoms with Crippen LogP contribution in [-0.4, -0.2) is 18.6 Å². The average Bonchev–Trinajstić information content (AvgIpc) is 3.14. The first-order chi connectivity index (χ1) is 13.0. The summed E-state index contributed by atoms with van der Waals surface area (Å²) in [6.07, 6.45) is 0.893. The standard InChI is InChI=1S/C20H17ClFNO3S/c1-3-25-16-7-11-6-10(2)26-15(11)9-14(16)23-20(24)19-18(21)13-5-4-12(22)8-17(13)27-19/h4-5,7-10H,3,6H2,1-2H3,(H,23,24). The van der Waals surface area contributed by atoms with Crippen molar-refractivity contribution in [2.45, 2.75) is 26.4 Å². The molecule has 0 saturated carbocycles. The Hall–Kier alpha value is -2.31. The molecule has 1 amide bonds. The third-order valence-corrected chi connectivity index (χ3v) is 6.00. The van der Waals surface area contributed by atoms with Crippen molar-refractivity contribution < 1.29 is 18.7 Å². The number of ether oxygens (including phenoxy) is 2. The number of hydrogen-bond acceptors (Lipinski definition) is 4. The molecular weight excluding hydrogens is 389 g/mol. The molecule has 0 bridgehead atoms. The Kier molecular flexibility index (Phi) is 4.70. The van der Waals surface area contributed by atoms with Crippen LogP contribution in [0.1, 0.15) is 29.1 Å². The Morgan fingerprint density at radius 1 is 1.41 bits per heavy atom. The van der Waals surface area contributed by atoms with Crippen molar-refractivity contribution in [1.29, 1.82) is 0 Å². The monoisotopic (exact) mass is 405 g/mol. The topological polar surface area (TPSA) is 47.6 Å². The number of anilines is 1. The molecule has 4 rings (SSSR count). The van der Waals surface area contributed by atoms with Gasteiger partial charge in [0.05, 0.1) is 17.3 Å². The molecule has 0 aliphatic carbocycles. The Morgan fingerprint density at radius 3 is 3.00 bits per heavy atom. The van der Waals surface area contributed by atoms with Crippen molar-refractivity contribution in [3.05, 3.63) is 51.6 Å². The molecule has 4 nitrogen and oxygen atoms in total. The van der Waals surface area contributed by atoms with Gasteiger partial charge in [-0.1, -0.05) is 11.6 Å². The number of thiophene rings is 1. The molecule has 0 fully saturated rings. The van der Waals surface area contributed by atoms with E-state index < -0.39 is 0 Å². The molecule has 0 spiro atoms. The second-order valence-electron chi connectivity index (χ2n) is 6.36. The van der Waals surface area contributed by atoms with Crippen LogP contribution < -0.4 is 14.8 Å². The summed E-state index contributed by atoms with van der Waals surface area (Å²) >= 11 is 7.51. The fourth-order valence-electron chi connectivity index (χ4n) is 3.18. The number of carbonyl (C=O) groups excluding carboxylic acids is 1. The summed E-state index contributed by atoms with van der Waals surface area (Å²) in [6.45, 7) is 4.35. The van der Waals surface area contributed by atoms with Gasteiger partial charge in [0.15, 0.2) is 0 Å². The number of fused-ring (bicyclic) bond motifs is 2. The van der Waals surface area contributed by atoms with Crippen molar-refractivity contribution >= 4 is 44.6 Å². The maximum Gasteiger partial charge on any atom is 0.267 e. The number of carbonyl (C=O) groups is 1. The number of halogens is 2. The third kappa shape index (κ3) is 3.35. The second kappa shape index (κ2) is 7.02. The van der Waals surface area contributed by atoms with Gasteiger partial charge in [-0.2, -0.15) is 0 Å². The Balaban J connectivity index is 1.69. The van der Waals surface area contributed by atoms with Gasteiger partial charge in [0.2, 0.25) is 0 Å². The molecule has 0 radical (unpaired) electrons. The first-order valence-electron chi connectivity index (χ1n) is 8.61. The molecular formula is C20H17ClFNO3S. The van der Waals surface area contributed by atoms with E-state index in [1.54, 1.807) is 12.1 Å². The van der Waals surface area contributed by atoms with E-state index in [0.717, 1.165) is 29.1 Å². The highest BCUT2D eigenvalue weighted by atomic mass is 35.5. The summed E-state index contributed by atoms with van der Waals surface area (Å²) in [5.41, 5.74) is 1.58. The SMILES string of the molecule is CCOc1cc2c(cc1NC(=O)c1sc3cc(F)ccc3c1Cl)OC(C)C2. The molecule has 1 atom stereocenters. The summed E-state index contributed by atoms with van der Waals surface area (Å²) in [5.74, 6) is 0.598. The van der Waals surface area contributed by atoms with Crippen molar-refractivity contribution in [2.75, 3.05) is 11.9 Å². The predicted molar refractivity (Wildman–Crippen MR) is 106 cm³/mol. The molecule has 1 aromatic heterocycles. The summed E-state index contributed by atoms with van der Waals surface area (Å²) in [4.78, 5) is 13.2. The van der Waals surface area contributed by atoms with Crippen LogP contribution >= 0.6 is 22.9 Å². The largest absolute Gasteiger partial charge is 0.492 e. The fraction of sp³-hybridized carbons (Fsp3) is 0.250. The van der Waals surface area contributed by atoms with Crippen molar-refractivity contribution in [3.8, 4) is 11.5 Å². The van der Waals surface area contributed by atoms with Gasteiger partial charge in [-0.25, -0.2) is 4.39 Å². The zero-order chi connectivity index (χ0) is 19.1. The molecule has 3 aromatic rings. The van der Waals surface area contributed by atoms with Crippen LogP contribution in [0.4, 0.5) is 10.1 Å². The summed E-state index contributed by atoms with van der Waals surface area (Å²) in [7, 11) is 0. The zero-order valence-electron chi connectivity index (χ0n) is 14.8. The maximum absolute atomic E-state index is 13.5. The highest BCUT2D eigenvalue weighted by molar-refractivity contribution is 7.21. The number of amides is 1. The first-order valence-corrected chi connectivity index (χ1v) is 9.81. The minimum absolute atomic E-state index is 0.0902. The van der Waals surface area contributed by atoms with Crippen LogP contribution in [0.3, 0.4) is 0 Å². The van der Waals surface area contributed by atoms with E-state index in [4.69, 9.17) is 21.1 Å². The summed E-state index contributed by atoms with van der Waals surface area (Å²) < 4.78 is 25.6. The lowest BCUT2D eigenvalue weighted by Gasteiger charge is -2.13. The molecule has 7 heteroatoms. The zero-order valence-corrected chi connectivity index (χ0v) is 16.3. The number of nitrogens with one attached hydrogen (secondary N) is 1. The first kappa shape index (κ1) is 18.1. The van der Waals surface area contributed by atoms with Gasteiger partial charge in [-0.15, -0.1) is 11.3 Å². The number of rotatable bonds is 4. The van der Waals surface area contributed by atoms with E-state index in [2.05, 4.69) is 5.32 Å². The smallest absolute Gasteiger partial charge is 0.267 e. The van der Waals surface area contributed by atoms with Crippen LogP contribution in [-0.2, 0) is 6.42 Å². The molecule has 27 heavy (non-hydrogen) atoms. The molecule has 140 valence electrons. The van der Waals surface area contributed by atoms with Crippen molar-refractivity contribution in [1.82, 2.24) is 0 Å². The van der Waals surface area contributed by atoms with Crippen LogP contribution in [0, 0.1) is 5.82 Å². The van der Waals surface area contributed by atoms with E-state index in [-0.39, 0.29) is 17.8 Å². The lowest BCUT2D eigenvalue weighted by atomic mass is 10.1. The average molecular weight is 406 g/mol. The van der Waals surface area contributed by atoms with Crippen LogP contribution in [0.25, 0.3) is 10.1 Å². The van der Waals surface area contributed by atoms with Gasteiger partial charge in [0.25, 0.3) is 5.91 Å². The number of benzene rings is 2. The van der Waals surface area contributed by atoms with Crippen LogP contribution in [0.5, 0.6) is 11.5 Å². The van der Waals surface area contributed by atoms with E-state index in [1.807, 2.05) is 19.9 Å². The van der Waals surface area contributed by atoms with Gasteiger partial charge in [-0.3, -0.25) is 4.79 Å². The minimum atomic E-state index is -0.367. The van der Waals surface area contributed by atoms with Gasteiger partial charge in [0, 0.05) is 28.1 Å². The summed E-state index contributed by atoms with van der Waals surface area (Å²) in [5, 5.41) is 3.83. The Morgan fingerprint density at radius 2 is 2.22 bits per heavy atom. The number of hydrogen-bond donors (Lipinski definition) is 1. The lowest BCUT2D eigenvalue weighted by molar-refractivity contribution is 0.103. The predicted octanol–water partition coefficient (Wildman–Crippen LogP) is 5.67. The quantitative estimate of drug-likeness (QED) is 0.608. The molecule has 1 aliphatic heterocycles. The Labute approximate surface area is 164 Å². The molecule has 1 N–H and O–H groups in total. The van der Waals surface area contributed by atoms with Gasteiger partial charge in [-0.05, 0) is 38.1 Å². The molecule has 0 saturated heterocycles. The van der Waals surface area contributed by atoms with Gasteiger partial charge in [0.1, 0.15) is 28.3 Å². The maximum atomic E-state index is 13.5. The summed E-state index contributed by atoms with van der Waals surface area (Å²) in [6, 6.07) is 7.97. The third-order valence-electron chi connectivity index (χ3n) is 4.34. The fourth-order valence-corrected chi connectivity index (χ4v) is 4.61. The molecule has 1 unspecified atom stereocenters. The van der Waals surface area contributed by atoms with Gasteiger partial charge < -0.3 is 14.8 Å². The second-order valence-corrected chi connectivity index (χ2v) is 7.79. The highest BCUT2D eigenvalue weighted by Crippen LogP contribution is 2.40. The van der Waals surface area contributed by atoms with E-state index in [9.17, 15) is 9.18 Å². The molecule has 2 aromatic carbocycles. The molecule has 1 aliphatic rings. The van der Waals surface area contributed by atoms with Gasteiger partial charge >= 0.3 is 0 Å². The van der Waals surface area contributed by atoms with Crippen molar-refractivity contribution in [2.24, 2.45) is 0 Å². The van der Waals surface area contributed by atoms with E-state index in [0.29, 0.717) is 38.0 Å². The highest BCUT2D eigenvalue weighted by Gasteiger charge is 2.24.